The first-order chi connectivity index (χ1) is 10.2. The van der Waals surface area contributed by atoms with Crippen LogP contribution in [0.25, 0.3) is 0 Å². The molecule has 0 aliphatic heterocycles. The fourth-order valence-electron chi connectivity index (χ4n) is 3.19. The molecule has 120 valence electrons. The standard InChI is InChI=1S/C17H31N3S/c1-4-5-6-14-7-9-15(10-8-14)17-20-19-16(21-17)11-12-18-13(2)3/h13-15,18H,4-12H2,1-3H3. The third kappa shape index (κ3) is 5.67. The van der Waals surface area contributed by atoms with Crippen LogP contribution < -0.4 is 5.32 Å². The maximum Gasteiger partial charge on any atom is 0.120 e. The van der Waals surface area contributed by atoms with E-state index >= 15 is 0 Å². The van der Waals surface area contributed by atoms with E-state index in [1.54, 1.807) is 0 Å². The number of aromatic nitrogens is 2. The molecule has 3 nitrogen and oxygen atoms in total. The molecular weight excluding hydrogens is 278 g/mol. The van der Waals surface area contributed by atoms with Crippen LogP contribution in [0.1, 0.15) is 81.7 Å². The molecule has 0 atom stereocenters. The highest BCUT2D eigenvalue weighted by Crippen LogP contribution is 2.38. The first-order valence-electron chi connectivity index (χ1n) is 8.74. The lowest BCUT2D eigenvalue weighted by atomic mass is 9.80. The maximum atomic E-state index is 4.47. The molecule has 1 N–H and O–H groups in total. The van der Waals surface area contributed by atoms with Gasteiger partial charge in [-0.05, 0) is 31.6 Å². The molecule has 0 bridgehead atoms. The van der Waals surface area contributed by atoms with Gasteiger partial charge in [0.05, 0.1) is 0 Å². The van der Waals surface area contributed by atoms with E-state index in [4.69, 9.17) is 0 Å². The van der Waals surface area contributed by atoms with E-state index in [9.17, 15) is 0 Å². The van der Waals surface area contributed by atoms with Crippen LogP contribution in [0.15, 0.2) is 0 Å². The van der Waals surface area contributed by atoms with Gasteiger partial charge in [-0.2, -0.15) is 0 Å². The van der Waals surface area contributed by atoms with Gasteiger partial charge in [-0.3, -0.25) is 0 Å². The van der Waals surface area contributed by atoms with Crippen molar-refractivity contribution in [2.24, 2.45) is 5.92 Å². The Bertz CT molecular complexity index is 394. The van der Waals surface area contributed by atoms with Crippen LogP contribution in [0.3, 0.4) is 0 Å². The van der Waals surface area contributed by atoms with E-state index in [1.165, 1.54) is 55.0 Å². The van der Waals surface area contributed by atoms with Crippen molar-refractivity contribution in [3.8, 4) is 0 Å². The van der Waals surface area contributed by atoms with Crippen LogP contribution in [0.5, 0.6) is 0 Å². The second-order valence-corrected chi connectivity index (χ2v) is 7.85. The number of hydrogen-bond donors (Lipinski definition) is 1. The van der Waals surface area contributed by atoms with E-state index in [2.05, 4.69) is 36.3 Å². The summed E-state index contributed by atoms with van der Waals surface area (Å²) in [4.78, 5) is 0. The van der Waals surface area contributed by atoms with Crippen molar-refractivity contribution in [2.45, 2.75) is 84.1 Å². The molecule has 21 heavy (non-hydrogen) atoms. The van der Waals surface area contributed by atoms with Gasteiger partial charge in [-0.1, -0.05) is 40.0 Å². The third-order valence-corrected chi connectivity index (χ3v) is 5.68. The molecular formula is C17H31N3S. The molecule has 4 heteroatoms. The molecule has 1 aliphatic carbocycles. The predicted octanol–water partition coefficient (Wildman–Crippen LogP) is 4.54. The lowest BCUT2D eigenvalue weighted by Crippen LogP contribution is -2.24. The van der Waals surface area contributed by atoms with Crippen LogP contribution in [0, 0.1) is 5.92 Å². The minimum absolute atomic E-state index is 0.552. The molecule has 2 rings (SSSR count). The van der Waals surface area contributed by atoms with Gasteiger partial charge in [0.2, 0.25) is 0 Å². The molecule has 1 aromatic rings. The summed E-state index contributed by atoms with van der Waals surface area (Å²) < 4.78 is 0. The van der Waals surface area contributed by atoms with Gasteiger partial charge in [0.15, 0.2) is 0 Å². The number of unbranched alkanes of at least 4 members (excludes halogenated alkanes) is 1. The average Bonchev–Trinajstić information content (AvgIpc) is 2.94. The van der Waals surface area contributed by atoms with Gasteiger partial charge in [0.25, 0.3) is 0 Å². The Hall–Kier alpha value is -0.480. The summed E-state index contributed by atoms with van der Waals surface area (Å²) in [7, 11) is 0. The van der Waals surface area contributed by atoms with Gasteiger partial charge >= 0.3 is 0 Å². The van der Waals surface area contributed by atoms with E-state index in [0.717, 1.165) is 18.9 Å². The minimum atomic E-state index is 0.552. The molecule has 0 aromatic carbocycles. The smallest absolute Gasteiger partial charge is 0.120 e. The SMILES string of the molecule is CCCCC1CCC(c2nnc(CCNC(C)C)s2)CC1. The van der Waals surface area contributed by atoms with Crippen LogP contribution in [-0.2, 0) is 6.42 Å². The molecule has 1 aromatic heterocycles. The Morgan fingerprint density at radius 1 is 1.19 bits per heavy atom. The zero-order chi connectivity index (χ0) is 15.1. The van der Waals surface area contributed by atoms with Crippen molar-refractivity contribution in [2.75, 3.05) is 6.54 Å². The number of hydrogen-bond acceptors (Lipinski definition) is 4. The number of nitrogens with one attached hydrogen (secondary N) is 1. The first-order valence-corrected chi connectivity index (χ1v) is 9.56. The molecule has 0 spiro atoms. The van der Waals surface area contributed by atoms with Crippen molar-refractivity contribution >= 4 is 11.3 Å². The fourth-order valence-corrected chi connectivity index (χ4v) is 4.20. The molecule has 1 heterocycles. The highest BCUT2D eigenvalue weighted by Gasteiger charge is 2.24. The van der Waals surface area contributed by atoms with E-state index in [0.29, 0.717) is 12.0 Å². The van der Waals surface area contributed by atoms with Gasteiger partial charge in [-0.15, -0.1) is 21.5 Å². The van der Waals surface area contributed by atoms with Crippen molar-refractivity contribution in [3.05, 3.63) is 10.0 Å². The Morgan fingerprint density at radius 3 is 2.62 bits per heavy atom. The summed E-state index contributed by atoms with van der Waals surface area (Å²) in [5.41, 5.74) is 0. The van der Waals surface area contributed by atoms with Gasteiger partial charge in [0, 0.05) is 24.9 Å². The molecule has 0 amide bonds. The number of rotatable bonds is 8. The average molecular weight is 310 g/mol. The van der Waals surface area contributed by atoms with E-state index < -0.39 is 0 Å². The summed E-state index contributed by atoms with van der Waals surface area (Å²) in [5, 5.41) is 14.8. The van der Waals surface area contributed by atoms with Crippen molar-refractivity contribution in [3.63, 3.8) is 0 Å². The largest absolute Gasteiger partial charge is 0.314 e. The van der Waals surface area contributed by atoms with Crippen molar-refractivity contribution in [1.82, 2.24) is 15.5 Å². The van der Waals surface area contributed by atoms with Crippen LogP contribution in [-0.4, -0.2) is 22.8 Å². The van der Waals surface area contributed by atoms with Crippen LogP contribution in [0.4, 0.5) is 0 Å². The zero-order valence-electron chi connectivity index (χ0n) is 13.9. The molecule has 1 saturated carbocycles. The molecule has 1 aliphatic rings. The van der Waals surface area contributed by atoms with E-state index in [-0.39, 0.29) is 0 Å². The van der Waals surface area contributed by atoms with E-state index in [1.807, 2.05) is 11.3 Å². The molecule has 0 saturated heterocycles. The molecule has 1 fully saturated rings. The quantitative estimate of drug-likeness (QED) is 0.766. The Balaban J connectivity index is 1.74. The summed E-state index contributed by atoms with van der Waals surface area (Å²) in [6.45, 7) is 7.67. The van der Waals surface area contributed by atoms with Crippen molar-refractivity contribution < 1.29 is 0 Å². The van der Waals surface area contributed by atoms with Crippen molar-refractivity contribution in [1.29, 1.82) is 0 Å². The Labute approximate surface area is 133 Å². The predicted molar refractivity (Wildman–Crippen MR) is 91.0 cm³/mol. The first kappa shape index (κ1) is 16.9. The molecule has 0 unspecified atom stereocenters. The van der Waals surface area contributed by atoms with Gasteiger partial charge in [0.1, 0.15) is 10.0 Å². The second kappa shape index (κ2) is 8.84. The highest BCUT2D eigenvalue weighted by atomic mass is 32.1. The normalized spacial score (nSPS) is 22.9. The van der Waals surface area contributed by atoms with Gasteiger partial charge < -0.3 is 5.32 Å². The zero-order valence-corrected chi connectivity index (χ0v) is 14.7. The third-order valence-electron chi connectivity index (χ3n) is 4.54. The monoisotopic (exact) mass is 309 g/mol. The maximum absolute atomic E-state index is 4.47. The Morgan fingerprint density at radius 2 is 1.95 bits per heavy atom. The van der Waals surface area contributed by atoms with Gasteiger partial charge in [-0.25, -0.2) is 0 Å². The fraction of sp³-hybridized carbons (Fsp3) is 0.882. The minimum Gasteiger partial charge on any atom is -0.314 e. The molecule has 0 radical (unpaired) electrons. The lowest BCUT2D eigenvalue weighted by molar-refractivity contribution is 0.303. The lowest BCUT2D eigenvalue weighted by Gasteiger charge is -2.26. The second-order valence-electron chi connectivity index (χ2n) is 6.75. The Kier molecular flexibility index (Phi) is 7.11. The summed E-state index contributed by atoms with van der Waals surface area (Å²) in [5.74, 6) is 1.66. The van der Waals surface area contributed by atoms with Crippen LogP contribution in [0.2, 0.25) is 0 Å². The highest BCUT2D eigenvalue weighted by molar-refractivity contribution is 7.11. The van der Waals surface area contributed by atoms with Crippen LogP contribution >= 0.6 is 11.3 Å². The number of nitrogens with zero attached hydrogens (tertiary/aromatic N) is 2. The topological polar surface area (TPSA) is 37.8 Å². The summed E-state index contributed by atoms with van der Waals surface area (Å²) in [6.07, 6.45) is 10.6. The summed E-state index contributed by atoms with van der Waals surface area (Å²) >= 11 is 1.85. The summed E-state index contributed by atoms with van der Waals surface area (Å²) in [6, 6.07) is 0.552.